The molecule has 0 aromatic heterocycles. The lowest BCUT2D eigenvalue weighted by atomic mass is 10.5. The molecule has 0 aromatic rings. The molecule has 0 aromatic carbocycles. The van der Waals surface area contributed by atoms with Crippen LogP contribution in [0.4, 0.5) is 0 Å². The second-order valence-electron chi connectivity index (χ2n) is 2.48. The molecule has 1 aliphatic rings. The van der Waals surface area contributed by atoms with E-state index in [0.717, 1.165) is 19.3 Å². The molecule has 2 unspecified atom stereocenters. The molecule has 0 radical (unpaired) electrons. The summed E-state index contributed by atoms with van der Waals surface area (Å²) in [5.41, 5.74) is 5.53. The molecule has 1 fully saturated rings. The molecule has 1 saturated carbocycles. The van der Waals surface area contributed by atoms with Crippen molar-refractivity contribution in [2.75, 3.05) is 6.54 Å². The Morgan fingerprint density at radius 2 is 2.40 bits per heavy atom. The highest BCUT2D eigenvalue weighted by molar-refractivity contribution is 5.64. The molecule has 0 heterocycles. The first-order chi connectivity index (χ1) is 4.84. The van der Waals surface area contributed by atoms with Gasteiger partial charge in [0.15, 0.2) is 0 Å². The molecular formula is C7H12N2O. The van der Waals surface area contributed by atoms with Gasteiger partial charge in [0.25, 0.3) is 0 Å². The molecule has 0 spiro atoms. The van der Waals surface area contributed by atoms with E-state index in [1.165, 1.54) is 6.08 Å². The molecule has 56 valence electrons. The maximum Gasteiger partial charge on any atom is 0.142 e. The van der Waals surface area contributed by atoms with E-state index in [1.54, 1.807) is 6.08 Å². The van der Waals surface area contributed by atoms with E-state index in [2.05, 4.69) is 5.32 Å². The third-order valence-corrected chi connectivity index (χ3v) is 1.55. The van der Waals surface area contributed by atoms with Gasteiger partial charge in [-0.25, -0.2) is 0 Å². The Labute approximate surface area is 60.3 Å². The highest BCUT2D eigenvalue weighted by atomic mass is 16.1. The third-order valence-electron chi connectivity index (χ3n) is 1.55. The predicted octanol–water partition coefficient (Wildman–Crippen LogP) is -0.569. The van der Waals surface area contributed by atoms with Crippen molar-refractivity contribution in [2.24, 2.45) is 5.73 Å². The number of carbonyl (C=O) groups is 1. The zero-order valence-corrected chi connectivity index (χ0v) is 5.79. The smallest absolute Gasteiger partial charge is 0.142 e. The lowest BCUT2D eigenvalue weighted by molar-refractivity contribution is -0.104. The summed E-state index contributed by atoms with van der Waals surface area (Å²) < 4.78 is 0. The molecule has 3 nitrogen and oxygen atoms in total. The minimum Gasteiger partial charge on any atom is -0.326 e. The van der Waals surface area contributed by atoms with Crippen LogP contribution in [-0.4, -0.2) is 24.9 Å². The first-order valence-corrected chi connectivity index (χ1v) is 3.44. The van der Waals surface area contributed by atoms with Gasteiger partial charge in [-0.15, -0.1) is 0 Å². The van der Waals surface area contributed by atoms with Crippen LogP contribution in [0.25, 0.3) is 0 Å². The van der Waals surface area contributed by atoms with Gasteiger partial charge in [-0.1, -0.05) is 6.08 Å². The van der Waals surface area contributed by atoms with E-state index < -0.39 is 0 Å². The van der Waals surface area contributed by atoms with Gasteiger partial charge in [-0.3, -0.25) is 4.79 Å². The molecular weight excluding hydrogens is 128 g/mol. The molecule has 0 aliphatic heterocycles. The zero-order valence-electron chi connectivity index (χ0n) is 5.79. The summed E-state index contributed by atoms with van der Waals surface area (Å²) >= 11 is 0. The van der Waals surface area contributed by atoms with E-state index in [-0.39, 0.29) is 0 Å². The number of carbonyl (C=O) groups excluding carboxylic acids is 1. The molecule has 3 N–H and O–H groups in total. The van der Waals surface area contributed by atoms with Crippen molar-refractivity contribution >= 4 is 6.29 Å². The summed E-state index contributed by atoms with van der Waals surface area (Å²) in [5, 5.41) is 3.17. The van der Waals surface area contributed by atoms with Crippen molar-refractivity contribution in [3.63, 3.8) is 0 Å². The quantitative estimate of drug-likeness (QED) is 0.406. The van der Waals surface area contributed by atoms with Gasteiger partial charge in [0.1, 0.15) is 6.29 Å². The Hall–Kier alpha value is -0.670. The summed E-state index contributed by atoms with van der Waals surface area (Å²) in [4.78, 5) is 9.79. The maximum absolute atomic E-state index is 9.79. The number of allylic oxidation sites excluding steroid dienone is 1. The van der Waals surface area contributed by atoms with Crippen LogP contribution in [0.2, 0.25) is 0 Å². The van der Waals surface area contributed by atoms with E-state index in [0.29, 0.717) is 12.1 Å². The molecule has 0 bridgehead atoms. The molecule has 1 rings (SSSR count). The first kappa shape index (κ1) is 7.44. The fraction of sp³-hybridized carbons (Fsp3) is 0.571. The summed E-state index contributed by atoms with van der Waals surface area (Å²) in [6.07, 6.45) is 5.11. The average Bonchev–Trinajstić information content (AvgIpc) is 2.60. The normalized spacial score (nSPS) is 30.9. The molecule has 3 heteroatoms. The summed E-state index contributed by atoms with van der Waals surface area (Å²) in [5.74, 6) is 0. The number of nitrogens with two attached hydrogens (primary N) is 1. The maximum atomic E-state index is 9.79. The Balaban J connectivity index is 1.96. The SMILES string of the molecule is NC1CC1NCC=CC=O. The van der Waals surface area contributed by atoms with E-state index in [9.17, 15) is 4.79 Å². The fourth-order valence-corrected chi connectivity index (χ4v) is 0.792. The largest absolute Gasteiger partial charge is 0.326 e. The van der Waals surface area contributed by atoms with Crippen LogP contribution in [0.1, 0.15) is 6.42 Å². The van der Waals surface area contributed by atoms with Gasteiger partial charge >= 0.3 is 0 Å². The van der Waals surface area contributed by atoms with Crippen LogP contribution in [0.3, 0.4) is 0 Å². The van der Waals surface area contributed by atoms with Gasteiger partial charge in [0.05, 0.1) is 0 Å². The second-order valence-corrected chi connectivity index (χ2v) is 2.48. The van der Waals surface area contributed by atoms with Gasteiger partial charge in [0.2, 0.25) is 0 Å². The van der Waals surface area contributed by atoms with Crippen molar-refractivity contribution in [2.45, 2.75) is 18.5 Å². The van der Waals surface area contributed by atoms with Crippen molar-refractivity contribution in [1.29, 1.82) is 0 Å². The average molecular weight is 140 g/mol. The van der Waals surface area contributed by atoms with Crippen LogP contribution in [0, 0.1) is 0 Å². The molecule has 2 atom stereocenters. The summed E-state index contributed by atoms with van der Waals surface area (Å²) in [6.45, 7) is 0.747. The van der Waals surface area contributed by atoms with Crippen molar-refractivity contribution in [1.82, 2.24) is 5.32 Å². The van der Waals surface area contributed by atoms with Crippen LogP contribution in [0.15, 0.2) is 12.2 Å². The van der Waals surface area contributed by atoms with E-state index in [1.807, 2.05) is 0 Å². The zero-order chi connectivity index (χ0) is 7.40. The molecule has 0 amide bonds. The number of rotatable bonds is 4. The van der Waals surface area contributed by atoms with Crippen LogP contribution < -0.4 is 11.1 Å². The van der Waals surface area contributed by atoms with Crippen LogP contribution >= 0.6 is 0 Å². The van der Waals surface area contributed by atoms with Crippen LogP contribution in [0.5, 0.6) is 0 Å². The lowest BCUT2D eigenvalue weighted by Gasteiger charge is -1.94. The Bertz CT molecular complexity index is 145. The standard InChI is InChI=1S/C7H12N2O/c8-6-5-7(6)9-3-1-2-4-10/h1-2,4,6-7,9H,3,5,8H2. The van der Waals surface area contributed by atoms with Gasteiger partial charge in [-0.2, -0.15) is 0 Å². The van der Waals surface area contributed by atoms with Crippen molar-refractivity contribution in [3.8, 4) is 0 Å². The van der Waals surface area contributed by atoms with Crippen molar-refractivity contribution in [3.05, 3.63) is 12.2 Å². The minimum absolute atomic E-state index is 0.338. The van der Waals surface area contributed by atoms with Gasteiger partial charge in [0, 0.05) is 18.6 Å². The number of nitrogens with one attached hydrogen (secondary N) is 1. The molecule has 1 aliphatic carbocycles. The fourth-order valence-electron chi connectivity index (χ4n) is 0.792. The molecule has 0 saturated heterocycles. The van der Waals surface area contributed by atoms with Crippen LogP contribution in [-0.2, 0) is 4.79 Å². The van der Waals surface area contributed by atoms with E-state index in [4.69, 9.17) is 5.73 Å². The predicted molar refractivity (Wildman–Crippen MR) is 39.6 cm³/mol. The molecule has 10 heavy (non-hydrogen) atoms. The summed E-state index contributed by atoms with van der Waals surface area (Å²) in [7, 11) is 0. The Morgan fingerprint density at radius 1 is 1.70 bits per heavy atom. The number of aldehydes is 1. The minimum atomic E-state index is 0.338. The van der Waals surface area contributed by atoms with E-state index >= 15 is 0 Å². The topological polar surface area (TPSA) is 55.1 Å². The monoisotopic (exact) mass is 140 g/mol. The second kappa shape index (κ2) is 3.49. The first-order valence-electron chi connectivity index (χ1n) is 3.44. The Morgan fingerprint density at radius 3 is 2.90 bits per heavy atom. The third kappa shape index (κ3) is 2.29. The van der Waals surface area contributed by atoms with Crippen molar-refractivity contribution < 1.29 is 4.79 Å². The summed E-state index contributed by atoms with van der Waals surface area (Å²) in [6, 6.07) is 0.820. The number of hydrogen-bond acceptors (Lipinski definition) is 3. The van der Waals surface area contributed by atoms with Gasteiger partial charge < -0.3 is 11.1 Å². The number of hydrogen-bond donors (Lipinski definition) is 2. The highest BCUT2D eigenvalue weighted by Gasteiger charge is 2.31. The Kier molecular flexibility index (Phi) is 2.59. The van der Waals surface area contributed by atoms with Gasteiger partial charge in [-0.05, 0) is 12.5 Å². The highest BCUT2D eigenvalue weighted by Crippen LogP contribution is 2.16. The lowest BCUT2D eigenvalue weighted by Crippen LogP contribution is -2.22.